The Morgan fingerprint density at radius 1 is 1.15 bits per heavy atom. The van der Waals surface area contributed by atoms with Crippen LogP contribution in [0.3, 0.4) is 0 Å². The minimum atomic E-state index is -0.522. The minimum absolute atomic E-state index is 0.116. The first-order valence-corrected chi connectivity index (χ1v) is 8.31. The summed E-state index contributed by atoms with van der Waals surface area (Å²) in [6.45, 7) is 4.49. The molecule has 7 heteroatoms. The van der Waals surface area contributed by atoms with Crippen LogP contribution in [-0.4, -0.2) is 27.0 Å². The van der Waals surface area contributed by atoms with Crippen LogP contribution in [0.25, 0.3) is 5.69 Å². The van der Waals surface area contributed by atoms with Crippen LogP contribution in [-0.2, 0) is 0 Å². The lowest BCUT2D eigenvalue weighted by Crippen LogP contribution is -2.32. The summed E-state index contributed by atoms with van der Waals surface area (Å²) in [7, 11) is 0. The predicted octanol–water partition coefficient (Wildman–Crippen LogP) is 2.45. The van der Waals surface area contributed by atoms with Crippen molar-refractivity contribution >= 4 is 5.91 Å². The number of carbonyl (C=O) groups is 1. The highest BCUT2D eigenvalue weighted by molar-refractivity contribution is 6.00. The summed E-state index contributed by atoms with van der Waals surface area (Å²) < 4.78 is 8.45. The number of hydrogen-bond donors (Lipinski definition) is 1. The largest absolute Gasteiger partial charge is 0.489 e. The molecule has 0 unspecified atom stereocenters. The molecule has 2 aromatic heterocycles. The van der Waals surface area contributed by atoms with Crippen LogP contribution in [0, 0.1) is 5.92 Å². The van der Waals surface area contributed by atoms with Gasteiger partial charge in [-0.2, -0.15) is 5.10 Å². The molecule has 2 heterocycles. The summed E-state index contributed by atoms with van der Waals surface area (Å²) in [6, 6.07) is 14.0. The number of hydrogen-bond acceptors (Lipinski definition) is 4. The van der Waals surface area contributed by atoms with Crippen molar-refractivity contribution in [2.24, 2.45) is 5.92 Å². The molecule has 1 N–H and O–H groups in total. The van der Waals surface area contributed by atoms with Gasteiger partial charge in [0.1, 0.15) is 0 Å². The van der Waals surface area contributed by atoms with Gasteiger partial charge in [0.25, 0.3) is 11.5 Å². The zero-order valence-corrected chi connectivity index (χ0v) is 14.6. The maximum absolute atomic E-state index is 12.6. The highest BCUT2D eigenvalue weighted by atomic mass is 16.5. The fraction of sp³-hybridized carbons (Fsp3) is 0.211. The number of nitrogens with one attached hydrogen (secondary N) is 1. The molecule has 0 spiro atoms. The Balaban J connectivity index is 1.93. The number of rotatable bonds is 6. The molecule has 1 amide bonds. The maximum Gasteiger partial charge on any atom is 0.294 e. The van der Waals surface area contributed by atoms with Gasteiger partial charge in [-0.25, -0.2) is 9.36 Å². The van der Waals surface area contributed by atoms with Gasteiger partial charge >= 0.3 is 0 Å². The highest BCUT2D eigenvalue weighted by Gasteiger charge is 2.20. The summed E-state index contributed by atoms with van der Waals surface area (Å²) in [5.41, 5.74) is 3.11. The van der Waals surface area contributed by atoms with E-state index in [2.05, 4.69) is 10.5 Å². The van der Waals surface area contributed by atoms with E-state index in [0.29, 0.717) is 18.3 Å². The number of benzene rings is 1. The molecule has 0 atom stereocenters. The van der Waals surface area contributed by atoms with Crippen molar-refractivity contribution in [1.29, 1.82) is 0 Å². The first-order valence-electron chi connectivity index (χ1n) is 8.31. The third-order valence-corrected chi connectivity index (χ3v) is 3.53. The Hall–Kier alpha value is -3.35. The third kappa shape index (κ3) is 4.00. The fourth-order valence-electron chi connectivity index (χ4n) is 2.27. The molecule has 0 saturated carbocycles. The highest BCUT2D eigenvalue weighted by Crippen LogP contribution is 2.21. The van der Waals surface area contributed by atoms with Crippen LogP contribution in [0.2, 0.25) is 0 Å². The zero-order chi connectivity index (χ0) is 18.5. The SMILES string of the molecule is CC(C)COc1cn(-c2ccccc2)nc1C(=O)Nn1ccccc1=O. The second-order valence-corrected chi connectivity index (χ2v) is 6.18. The van der Waals surface area contributed by atoms with Crippen molar-refractivity contribution in [3.63, 3.8) is 0 Å². The molecule has 7 nitrogen and oxygen atoms in total. The number of nitrogens with zero attached hydrogens (tertiary/aromatic N) is 3. The van der Waals surface area contributed by atoms with Gasteiger partial charge < -0.3 is 4.74 Å². The molecule has 0 fully saturated rings. The van der Waals surface area contributed by atoms with Crippen LogP contribution in [0.4, 0.5) is 0 Å². The van der Waals surface area contributed by atoms with Crippen molar-refractivity contribution in [2.45, 2.75) is 13.8 Å². The molecule has 1 aromatic carbocycles. The van der Waals surface area contributed by atoms with E-state index in [1.807, 2.05) is 44.2 Å². The van der Waals surface area contributed by atoms with Crippen LogP contribution in [0.15, 0.2) is 65.7 Å². The molecule has 3 aromatic rings. The van der Waals surface area contributed by atoms with Crippen LogP contribution >= 0.6 is 0 Å². The molecule has 26 heavy (non-hydrogen) atoms. The molecule has 0 saturated heterocycles. The first-order chi connectivity index (χ1) is 12.5. The van der Waals surface area contributed by atoms with Crippen molar-refractivity contribution in [1.82, 2.24) is 14.5 Å². The molecule has 134 valence electrons. The maximum atomic E-state index is 12.6. The molecular weight excluding hydrogens is 332 g/mol. The first kappa shape index (κ1) is 17.5. The van der Waals surface area contributed by atoms with Gasteiger partial charge in [-0.05, 0) is 24.1 Å². The molecule has 3 rings (SSSR count). The van der Waals surface area contributed by atoms with Gasteiger partial charge in [-0.3, -0.25) is 15.0 Å². The van der Waals surface area contributed by atoms with Crippen LogP contribution in [0.5, 0.6) is 5.75 Å². The predicted molar refractivity (Wildman–Crippen MR) is 98.3 cm³/mol. The number of carbonyl (C=O) groups excluding carboxylic acids is 1. The van der Waals surface area contributed by atoms with Crippen LogP contribution in [0.1, 0.15) is 24.3 Å². The van der Waals surface area contributed by atoms with Crippen molar-refractivity contribution in [3.8, 4) is 11.4 Å². The van der Waals surface area contributed by atoms with Gasteiger partial charge in [0, 0.05) is 12.3 Å². The molecule has 0 aliphatic heterocycles. The Morgan fingerprint density at radius 2 is 1.88 bits per heavy atom. The Labute approximate surface area is 150 Å². The van der Waals surface area contributed by atoms with Crippen molar-refractivity contribution < 1.29 is 9.53 Å². The quantitative estimate of drug-likeness (QED) is 0.739. The van der Waals surface area contributed by atoms with E-state index in [1.54, 1.807) is 23.0 Å². The Kier molecular flexibility index (Phi) is 5.17. The molecule has 0 radical (unpaired) electrons. The Morgan fingerprint density at radius 3 is 2.58 bits per heavy atom. The van der Waals surface area contributed by atoms with Gasteiger partial charge in [-0.15, -0.1) is 0 Å². The second kappa shape index (κ2) is 7.69. The number of ether oxygens (including phenoxy) is 1. The molecular formula is C19H20N4O3. The van der Waals surface area contributed by atoms with Crippen molar-refractivity contribution in [2.75, 3.05) is 12.0 Å². The van der Waals surface area contributed by atoms with E-state index in [1.165, 1.54) is 12.3 Å². The van der Waals surface area contributed by atoms with Crippen molar-refractivity contribution in [3.05, 3.63) is 77.0 Å². The second-order valence-electron chi connectivity index (χ2n) is 6.18. The topological polar surface area (TPSA) is 78.2 Å². The lowest BCUT2D eigenvalue weighted by atomic mass is 10.2. The minimum Gasteiger partial charge on any atom is -0.489 e. The smallest absolute Gasteiger partial charge is 0.294 e. The number of aromatic nitrogens is 3. The van der Waals surface area contributed by atoms with E-state index in [-0.39, 0.29) is 11.3 Å². The summed E-state index contributed by atoms with van der Waals surface area (Å²) >= 11 is 0. The number of pyridine rings is 1. The third-order valence-electron chi connectivity index (χ3n) is 3.53. The average molecular weight is 352 g/mol. The molecule has 0 aliphatic rings. The Bertz CT molecular complexity index is 945. The van der Waals surface area contributed by atoms with E-state index in [0.717, 1.165) is 10.4 Å². The fourth-order valence-corrected chi connectivity index (χ4v) is 2.27. The van der Waals surface area contributed by atoms with E-state index in [9.17, 15) is 9.59 Å². The lowest BCUT2D eigenvalue weighted by Gasteiger charge is -2.09. The normalized spacial score (nSPS) is 10.7. The standard InChI is InChI=1S/C19H20N4O3/c1-14(2)13-26-16-12-23(15-8-4-3-5-9-15)20-18(16)19(25)21-22-11-7-6-10-17(22)24/h3-12,14H,13H2,1-2H3,(H,21,25). The van der Waals surface area contributed by atoms with E-state index >= 15 is 0 Å². The summed E-state index contributed by atoms with van der Waals surface area (Å²) in [5.74, 6) is 0.137. The zero-order valence-electron chi connectivity index (χ0n) is 14.6. The lowest BCUT2D eigenvalue weighted by molar-refractivity contribution is 0.0997. The van der Waals surface area contributed by atoms with Gasteiger partial charge in [0.05, 0.1) is 18.5 Å². The van der Waals surface area contributed by atoms with Gasteiger partial charge in [0.2, 0.25) is 0 Å². The summed E-state index contributed by atoms with van der Waals surface area (Å²) in [6.07, 6.45) is 3.14. The van der Waals surface area contributed by atoms with Gasteiger partial charge in [-0.1, -0.05) is 38.1 Å². The summed E-state index contributed by atoms with van der Waals surface area (Å²) in [4.78, 5) is 24.5. The summed E-state index contributed by atoms with van der Waals surface area (Å²) in [5, 5.41) is 4.35. The van der Waals surface area contributed by atoms with Gasteiger partial charge in [0.15, 0.2) is 11.4 Å². The number of para-hydroxylation sites is 1. The molecule has 0 aliphatic carbocycles. The molecule has 0 bridgehead atoms. The van der Waals surface area contributed by atoms with E-state index in [4.69, 9.17) is 4.74 Å². The average Bonchev–Trinajstić information content (AvgIpc) is 3.07. The monoisotopic (exact) mass is 352 g/mol. The van der Waals surface area contributed by atoms with Crippen LogP contribution < -0.4 is 15.7 Å². The van der Waals surface area contributed by atoms with E-state index < -0.39 is 5.91 Å². The number of amides is 1.